The Morgan fingerprint density at radius 3 is 2.61 bits per heavy atom. The highest BCUT2D eigenvalue weighted by Crippen LogP contribution is 2.33. The van der Waals surface area contributed by atoms with Crippen molar-refractivity contribution in [3.63, 3.8) is 0 Å². The fourth-order valence-corrected chi connectivity index (χ4v) is 3.63. The third-order valence-electron chi connectivity index (χ3n) is 3.14. The smallest absolute Gasteiger partial charge is 0.327 e. The Morgan fingerprint density at radius 1 is 1.44 bits per heavy atom. The standard InChI is InChI=1S/C13H23NO3S/c1-4-5-12-14(10(8-18-12)13(16)17)11(15)7-6-9(2)3/h9-10,12H,4-8H2,1-3H3,(H,16,17). The van der Waals surface area contributed by atoms with Crippen molar-refractivity contribution in [2.45, 2.75) is 57.9 Å². The first-order valence-electron chi connectivity index (χ1n) is 6.63. The van der Waals surface area contributed by atoms with Gasteiger partial charge in [-0.3, -0.25) is 4.79 Å². The van der Waals surface area contributed by atoms with Crippen molar-refractivity contribution in [3.8, 4) is 0 Å². The van der Waals surface area contributed by atoms with E-state index in [1.54, 1.807) is 16.7 Å². The Kier molecular flexibility index (Phi) is 5.99. The van der Waals surface area contributed by atoms with Gasteiger partial charge in [0, 0.05) is 12.2 Å². The van der Waals surface area contributed by atoms with E-state index in [2.05, 4.69) is 20.8 Å². The molecule has 0 spiro atoms. The molecule has 1 saturated heterocycles. The van der Waals surface area contributed by atoms with Gasteiger partial charge in [-0.2, -0.15) is 0 Å². The monoisotopic (exact) mass is 273 g/mol. The summed E-state index contributed by atoms with van der Waals surface area (Å²) >= 11 is 1.60. The van der Waals surface area contributed by atoms with Crippen molar-refractivity contribution >= 4 is 23.6 Å². The molecule has 1 fully saturated rings. The molecule has 5 heteroatoms. The molecule has 1 aliphatic rings. The van der Waals surface area contributed by atoms with Gasteiger partial charge >= 0.3 is 5.97 Å². The van der Waals surface area contributed by atoms with E-state index in [0.717, 1.165) is 19.3 Å². The molecule has 0 aliphatic carbocycles. The summed E-state index contributed by atoms with van der Waals surface area (Å²) in [6, 6.07) is -0.633. The maximum Gasteiger partial charge on any atom is 0.327 e. The minimum atomic E-state index is -0.876. The van der Waals surface area contributed by atoms with Gasteiger partial charge in [0.05, 0.1) is 5.37 Å². The summed E-state index contributed by atoms with van der Waals surface area (Å²) in [6.45, 7) is 6.21. The number of hydrogen-bond acceptors (Lipinski definition) is 3. The van der Waals surface area contributed by atoms with Gasteiger partial charge in [0.2, 0.25) is 5.91 Å². The Morgan fingerprint density at radius 2 is 2.11 bits per heavy atom. The molecule has 0 saturated carbocycles. The highest BCUT2D eigenvalue weighted by molar-refractivity contribution is 8.00. The molecule has 0 aromatic rings. The number of aliphatic carboxylic acids is 1. The SMILES string of the molecule is CCCC1SCC(C(=O)O)N1C(=O)CCC(C)C. The lowest BCUT2D eigenvalue weighted by Gasteiger charge is -2.27. The maximum atomic E-state index is 12.2. The average molecular weight is 273 g/mol. The lowest BCUT2D eigenvalue weighted by atomic mass is 10.1. The predicted octanol–water partition coefficient (Wildman–Crippen LogP) is 2.58. The lowest BCUT2D eigenvalue weighted by molar-refractivity contribution is -0.149. The van der Waals surface area contributed by atoms with Gasteiger partial charge in [0.15, 0.2) is 0 Å². The summed E-state index contributed by atoms with van der Waals surface area (Å²) in [5, 5.41) is 9.24. The maximum absolute atomic E-state index is 12.2. The van der Waals surface area contributed by atoms with Crippen molar-refractivity contribution in [3.05, 3.63) is 0 Å². The summed E-state index contributed by atoms with van der Waals surface area (Å²) in [5.41, 5.74) is 0. The zero-order chi connectivity index (χ0) is 13.7. The molecular formula is C13H23NO3S. The second kappa shape index (κ2) is 7.02. The highest BCUT2D eigenvalue weighted by atomic mass is 32.2. The molecule has 104 valence electrons. The fourth-order valence-electron chi connectivity index (χ4n) is 2.10. The van der Waals surface area contributed by atoms with Crippen LogP contribution in [-0.2, 0) is 9.59 Å². The molecule has 0 aromatic carbocycles. The van der Waals surface area contributed by atoms with Crippen LogP contribution in [0.5, 0.6) is 0 Å². The molecule has 1 heterocycles. The highest BCUT2D eigenvalue weighted by Gasteiger charge is 2.40. The number of carboxylic acids is 1. The van der Waals surface area contributed by atoms with Crippen LogP contribution in [0.1, 0.15) is 46.5 Å². The van der Waals surface area contributed by atoms with Crippen molar-refractivity contribution < 1.29 is 14.7 Å². The van der Waals surface area contributed by atoms with Crippen LogP contribution >= 0.6 is 11.8 Å². The predicted molar refractivity (Wildman–Crippen MR) is 73.5 cm³/mol. The molecular weight excluding hydrogens is 250 g/mol. The molecule has 1 rings (SSSR count). The number of nitrogens with zero attached hydrogens (tertiary/aromatic N) is 1. The Bertz CT molecular complexity index is 307. The van der Waals surface area contributed by atoms with Crippen molar-refractivity contribution in [2.24, 2.45) is 5.92 Å². The average Bonchev–Trinajstić information content (AvgIpc) is 2.70. The van der Waals surface area contributed by atoms with Crippen LogP contribution in [0.4, 0.5) is 0 Å². The first-order valence-corrected chi connectivity index (χ1v) is 7.67. The van der Waals surface area contributed by atoms with E-state index < -0.39 is 12.0 Å². The number of carbonyl (C=O) groups is 2. The van der Waals surface area contributed by atoms with Gasteiger partial charge in [-0.05, 0) is 18.8 Å². The second-order valence-electron chi connectivity index (χ2n) is 5.16. The van der Waals surface area contributed by atoms with Gasteiger partial charge in [0.25, 0.3) is 0 Å². The summed E-state index contributed by atoms with van der Waals surface area (Å²) in [7, 11) is 0. The van der Waals surface area contributed by atoms with Gasteiger partial charge < -0.3 is 10.0 Å². The number of amides is 1. The first kappa shape index (κ1) is 15.3. The second-order valence-corrected chi connectivity index (χ2v) is 6.38. The van der Waals surface area contributed by atoms with Crippen LogP contribution in [0.2, 0.25) is 0 Å². The number of thioether (sulfide) groups is 1. The molecule has 1 aliphatic heterocycles. The molecule has 18 heavy (non-hydrogen) atoms. The first-order chi connectivity index (χ1) is 8.47. The summed E-state index contributed by atoms with van der Waals surface area (Å²) in [5.74, 6) is 0.114. The topological polar surface area (TPSA) is 57.6 Å². The number of carboxylic acid groups (broad SMARTS) is 1. The van der Waals surface area contributed by atoms with Gasteiger partial charge in [-0.15, -0.1) is 11.8 Å². The molecule has 0 bridgehead atoms. The number of carbonyl (C=O) groups excluding carboxylic acids is 1. The lowest BCUT2D eigenvalue weighted by Crippen LogP contribution is -2.45. The third-order valence-corrected chi connectivity index (χ3v) is 4.49. The van der Waals surface area contributed by atoms with Gasteiger partial charge in [-0.1, -0.05) is 27.2 Å². The number of hydrogen-bond donors (Lipinski definition) is 1. The van der Waals surface area contributed by atoms with Crippen molar-refractivity contribution in [1.29, 1.82) is 0 Å². The molecule has 1 amide bonds. The Labute approximate surface area is 113 Å². The largest absolute Gasteiger partial charge is 0.480 e. The van der Waals surface area contributed by atoms with Crippen LogP contribution < -0.4 is 0 Å². The third kappa shape index (κ3) is 3.90. The molecule has 2 atom stereocenters. The fraction of sp³-hybridized carbons (Fsp3) is 0.846. The van der Waals surface area contributed by atoms with Gasteiger partial charge in [0.1, 0.15) is 6.04 Å². The van der Waals surface area contributed by atoms with E-state index in [1.165, 1.54) is 0 Å². The van der Waals surface area contributed by atoms with Crippen molar-refractivity contribution in [2.75, 3.05) is 5.75 Å². The van der Waals surface area contributed by atoms with Crippen LogP contribution in [0.25, 0.3) is 0 Å². The van der Waals surface area contributed by atoms with E-state index in [1.807, 2.05) is 0 Å². The minimum Gasteiger partial charge on any atom is -0.480 e. The molecule has 0 aromatic heterocycles. The zero-order valence-corrected chi connectivity index (χ0v) is 12.2. The van der Waals surface area contributed by atoms with Crippen LogP contribution in [0, 0.1) is 5.92 Å². The van der Waals surface area contributed by atoms with E-state index in [0.29, 0.717) is 18.1 Å². The molecule has 4 nitrogen and oxygen atoms in total. The van der Waals surface area contributed by atoms with Crippen molar-refractivity contribution in [1.82, 2.24) is 4.90 Å². The van der Waals surface area contributed by atoms with Crippen LogP contribution in [0.3, 0.4) is 0 Å². The molecule has 2 unspecified atom stereocenters. The van der Waals surface area contributed by atoms with E-state index in [4.69, 9.17) is 0 Å². The zero-order valence-electron chi connectivity index (χ0n) is 11.4. The minimum absolute atomic E-state index is 0.000417. The molecule has 1 N–H and O–H groups in total. The number of rotatable bonds is 6. The van der Waals surface area contributed by atoms with E-state index in [-0.39, 0.29) is 11.3 Å². The van der Waals surface area contributed by atoms with Crippen LogP contribution in [-0.4, -0.2) is 39.1 Å². The van der Waals surface area contributed by atoms with Gasteiger partial charge in [-0.25, -0.2) is 4.79 Å². The van der Waals surface area contributed by atoms with E-state index in [9.17, 15) is 14.7 Å². The van der Waals surface area contributed by atoms with E-state index >= 15 is 0 Å². The molecule has 0 radical (unpaired) electrons. The normalized spacial score (nSPS) is 23.7. The summed E-state index contributed by atoms with van der Waals surface area (Å²) < 4.78 is 0. The summed E-state index contributed by atoms with van der Waals surface area (Å²) in [4.78, 5) is 25.0. The quantitative estimate of drug-likeness (QED) is 0.808. The Balaban J connectivity index is 2.69. The summed E-state index contributed by atoms with van der Waals surface area (Å²) in [6.07, 6.45) is 3.13. The van der Waals surface area contributed by atoms with Crippen LogP contribution in [0.15, 0.2) is 0 Å². The Hall–Kier alpha value is -0.710.